The minimum Gasteiger partial charge on any atom is -0.387 e. The lowest BCUT2D eigenvalue weighted by atomic mass is 9.85. The number of hydrogen-bond acceptors (Lipinski definition) is 2. The van der Waals surface area contributed by atoms with Gasteiger partial charge in [-0.05, 0) is 43.4 Å². The Morgan fingerprint density at radius 1 is 1.28 bits per heavy atom. The summed E-state index contributed by atoms with van der Waals surface area (Å²) in [5, 5.41) is 10.2. The quantitative estimate of drug-likeness (QED) is 0.835. The number of aryl methyl sites for hydroxylation is 1. The van der Waals surface area contributed by atoms with E-state index in [1.807, 2.05) is 0 Å². The van der Waals surface area contributed by atoms with E-state index in [-0.39, 0.29) is 6.10 Å². The maximum Gasteiger partial charge on any atom is 0.0916 e. The first-order valence-electron chi connectivity index (χ1n) is 7.14. The molecule has 0 bridgehead atoms. The van der Waals surface area contributed by atoms with Gasteiger partial charge in [0.05, 0.1) is 6.10 Å². The SMILES string of the molecule is CCc1ccc(C(O)CN(C)CC2CCC2)cc1. The van der Waals surface area contributed by atoms with E-state index in [9.17, 15) is 5.11 Å². The summed E-state index contributed by atoms with van der Waals surface area (Å²) in [6.45, 7) is 4.02. The summed E-state index contributed by atoms with van der Waals surface area (Å²) >= 11 is 0. The van der Waals surface area contributed by atoms with Crippen molar-refractivity contribution in [1.29, 1.82) is 0 Å². The van der Waals surface area contributed by atoms with Crippen molar-refractivity contribution in [2.45, 2.75) is 38.7 Å². The van der Waals surface area contributed by atoms with E-state index in [2.05, 4.69) is 43.1 Å². The van der Waals surface area contributed by atoms with Crippen LogP contribution in [0.4, 0.5) is 0 Å². The highest BCUT2D eigenvalue weighted by atomic mass is 16.3. The number of hydrogen-bond donors (Lipinski definition) is 1. The standard InChI is InChI=1S/C16H25NO/c1-3-13-7-9-15(10-8-13)16(18)12-17(2)11-14-5-4-6-14/h7-10,14,16,18H,3-6,11-12H2,1-2H3. The summed E-state index contributed by atoms with van der Waals surface area (Å²) in [7, 11) is 2.11. The van der Waals surface area contributed by atoms with E-state index < -0.39 is 0 Å². The molecule has 2 rings (SSSR count). The minimum absolute atomic E-state index is 0.360. The summed E-state index contributed by atoms with van der Waals surface area (Å²) < 4.78 is 0. The Morgan fingerprint density at radius 3 is 2.44 bits per heavy atom. The zero-order chi connectivity index (χ0) is 13.0. The van der Waals surface area contributed by atoms with Crippen molar-refractivity contribution in [3.8, 4) is 0 Å². The van der Waals surface area contributed by atoms with Gasteiger partial charge in [-0.1, -0.05) is 37.6 Å². The Labute approximate surface area is 111 Å². The van der Waals surface area contributed by atoms with Crippen LogP contribution < -0.4 is 0 Å². The van der Waals surface area contributed by atoms with Crippen LogP contribution in [0, 0.1) is 5.92 Å². The Morgan fingerprint density at radius 2 is 1.94 bits per heavy atom. The molecule has 1 aliphatic carbocycles. The van der Waals surface area contributed by atoms with Crippen LogP contribution in [-0.2, 0) is 6.42 Å². The van der Waals surface area contributed by atoms with Crippen molar-refractivity contribution in [3.63, 3.8) is 0 Å². The second kappa shape index (κ2) is 6.35. The fourth-order valence-corrected chi connectivity index (χ4v) is 2.57. The largest absolute Gasteiger partial charge is 0.387 e. The van der Waals surface area contributed by atoms with Gasteiger partial charge in [-0.25, -0.2) is 0 Å². The lowest BCUT2D eigenvalue weighted by molar-refractivity contribution is 0.107. The summed E-state index contributed by atoms with van der Waals surface area (Å²) in [6, 6.07) is 8.34. The van der Waals surface area contributed by atoms with Crippen molar-refractivity contribution in [3.05, 3.63) is 35.4 Å². The van der Waals surface area contributed by atoms with E-state index in [0.717, 1.165) is 31.0 Å². The summed E-state index contributed by atoms with van der Waals surface area (Å²) in [6.07, 6.45) is 4.82. The van der Waals surface area contributed by atoms with Gasteiger partial charge in [0.25, 0.3) is 0 Å². The molecule has 1 fully saturated rings. The number of aliphatic hydroxyl groups is 1. The Bertz CT molecular complexity index is 356. The maximum absolute atomic E-state index is 10.2. The third-order valence-corrected chi connectivity index (χ3v) is 4.05. The highest BCUT2D eigenvalue weighted by molar-refractivity contribution is 5.24. The minimum atomic E-state index is -0.360. The third-order valence-electron chi connectivity index (χ3n) is 4.05. The van der Waals surface area contributed by atoms with E-state index in [1.54, 1.807) is 0 Å². The molecular weight excluding hydrogens is 222 g/mol. The van der Waals surface area contributed by atoms with Crippen molar-refractivity contribution < 1.29 is 5.11 Å². The van der Waals surface area contributed by atoms with Crippen molar-refractivity contribution >= 4 is 0 Å². The molecule has 0 heterocycles. The highest BCUT2D eigenvalue weighted by Gasteiger charge is 2.20. The molecule has 0 saturated heterocycles. The topological polar surface area (TPSA) is 23.5 Å². The zero-order valence-corrected chi connectivity index (χ0v) is 11.6. The molecule has 1 unspecified atom stereocenters. The monoisotopic (exact) mass is 247 g/mol. The molecular formula is C16H25NO. The summed E-state index contributed by atoms with van der Waals surface area (Å²) in [5.74, 6) is 0.865. The predicted octanol–water partition coefficient (Wildman–Crippen LogP) is 3.01. The Balaban J connectivity index is 1.83. The predicted molar refractivity (Wildman–Crippen MR) is 75.6 cm³/mol. The van der Waals surface area contributed by atoms with Crippen LogP contribution in [0.1, 0.15) is 43.4 Å². The van der Waals surface area contributed by atoms with Gasteiger partial charge in [-0.3, -0.25) is 0 Å². The van der Waals surface area contributed by atoms with Crippen LogP contribution in [-0.4, -0.2) is 30.1 Å². The number of likely N-dealkylation sites (N-methyl/N-ethyl adjacent to an activating group) is 1. The van der Waals surface area contributed by atoms with Gasteiger partial charge in [0, 0.05) is 13.1 Å². The molecule has 18 heavy (non-hydrogen) atoms. The van der Waals surface area contributed by atoms with Crippen molar-refractivity contribution in [2.75, 3.05) is 20.1 Å². The van der Waals surface area contributed by atoms with Crippen molar-refractivity contribution in [2.24, 2.45) is 5.92 Å². The smallest absolute Gasteiger partial charge is 0.0916 e. The number of aliphatic hydroxyl groups excluding tert-OH is 1. The van der Waals surface area contributed by atoms with Crippen LogP contribution in [0.15, 0.2) is 24.3 Å². The molecule has 1 aromatic rings. The average molecular weight is 247 g/mol. The number of rotatable bonds is 6. The molecule has 0 aliphatic heterocycles. The maximum atomic E-state index is 10.2. The Kier molecular flexibility index (Phi) is 4.79. The van der Waals surface area contributed by atoms with Gasteiger partial charge in [-0.2, -0.15) is 0 Å². The lowest BCUT2D eigenvalue weighted by Crippen LogP contribution is -2.32. The molecule has 1 atom stereocenters. The summed E-state index contributed by atoms with van der Waals surface area (Å²) in [4.78, 5) is 2.27. The third kappa shape index (κ3) is 3.56. The van der Waals surface area contributed by atoms with E-state index >= 15 is 0 Å². The lowest BCUT2D eigenvalue weighted by Gasteiger charge is -2.31. The highest BCUT2D eigenvalue weighted by Crippen LogP contribution is 2.27. The fraction of sp³-hybridized carbons (Fsp3) is 0.625. The van der Waals surface area contributed by atoms with Gasteiger partial charge in [-0.15, -0.1) is 0 Å². The molecule has 0 radical (unpaired) electrons. The number of benzene rings is 1. The number of nitrogens with zero attached hydrogens (tertiary/aromatic N) is 1. The van der Waals surface area contributed by atoms with Crippen LogP contribution in [0.25, 0.3) is 0 Å². The summed E-state index contributed by atoms with van der Waals surface area (Å²) in [5.41, 5.74) is 2.36. The average Bonchev–Trinajstić information content (AvgIpc) is 2.34. The molecule has 0 spiro atoms. The molecule has 0 aromatic heterocycles. The fourth-order valence-electron chi connectivity index (χ4n) is 2.57. The van der Waals surface area contributed by atoms with Crippen LogP contribution in [0.3, 0.4) is 0 Å². The van der Waals surface area contributed by atoms with Gasteiger partial charge >= 0.3 is 0 Å². The first-order chi connectivity index (χ1) is 8.69. The van der Waals surface area contributed by atoms with Gasteiger partial charge in [0.2, 0.25) is 0 Å². The molecule has 2 heteroatoms. The molecule has 1 aromatic carbocycles. The normalized spacial score (nSPS) is 17.8. The van der Waals surface area contributed by atoms with Crippen LogP contribution in [0.2, 0.25) is 0 Å². The second-order valence-corrected chi connectivity index (χ2v) is 5.63. The van der Waals surface area contributed by atoms with Gasteiger partial charge < -0.3 is 10.0 Å². The molecule has 1 aliphatic rings. The Hall–Kier alpha value is -0.860. The zero-order valence-electron chi connectivity index (χ0n) is 11.6. The molecule has 100 valence electrons. The van der Waals surface area contributed by atoms with Crippen molar-refractivity contribution in [1.82, 2.24) is 4.90 Å². The van der Waals surface area contributed by atoms with Gasteiger partial charge in [0.1, 0.15) is 0 Å². The molecule has 2 nitrogen and oxygen atoms in total. The van der Waals surface area contributed by atoms with E-state index in [4.69, 9.17) is 0 Å². The van der Waals surface area contributed by atoms with Crippen LogP contribution >= 0.6 is 0 Å². The first-order valence-corrected chi connectivity index (χ1v) is 7.14. The first kappa shape index (κ1) is 13.6. The molecule has 1 N–H and O–H groups in total. The van der Waals surface area contributed by atoms with E-state index in [1.165, 1.54) is 24.8 Å². The molecule has 1 saturated carbocycles. The second-order valence-electron chi connectivity index (χ2n) is 5.63. The molecule has 0 amide bonds. The van der Waals surface area contributed by atoms with Gasteiger partial charge in [0.15, 0.2) is 0 Å². The van der Waals surface area contributed by atoms with Crippen LogP contribution in [0.5, 0.6) is 0 Å². The van der Waals surface area contributed by atoms with E-state index in [0.29, 0.717) is 0 Å².